The van der Waals surface area contributed by atoms with Crippen molar-refractivity contribution in [3.8, 4) is 5.75 Å². The predicted molar refractivity (Wildman–Crippen MR) is 97.0 cm³/mol. The number of hydrogen-bond acceptors (Lipinski definition) is 4. The molecule has 0 radical (unpaired) electrons. The maximum atomic E-state index is 13.5. The third kappa shape index (κ3) is 3.58. The van der Waals surface area contributed by atoms with Crippen molar-refractivity contribution in [2.24, 2.45) is 0 Å². The molecule has 132 valence electrons. The largest absolute Gasteiger partial charge is 0.484 e. The monoisotopic (exact) mass is 361 g/mol. The van der Waals surface area contributed by atoms with Crippen LogP contribution in [0.4, 0.5) is 10.2 Å². The van der Waals surface area contributed by atoms with Crippen LogP contribution in [-0.4, -0.2) is 31.2 Å². The summed E-state index contributed by atoms with van der Waals surface area (Å²) in [5.74, 6) is 1.08. The number of fused-ring (bicyclic) bond motifs is 1. The van der Waals surface area contributed by atoms with Crippen molar-refractivity contribution in [2.75, 3.05) is 31.1 Å². The Morgan fingerprint density at radius 2 is 2.08 bits per heavy atom. The number of nitrogens with one attached hydrogen (secondary N) is 1. The van der Waals surface area contributed by atoms with E-state index in [-0.39, 0.29) is 11.9 Å². The Balaban J connectivity index is 1.65. The summed E-state index contributed by atoms with van der Waals surface area (Å²) >= 11 is 6.51. The molecule has 1 aromatic carbocycles. The topological polar surface area (TPSA) is 37.4 Å². The fourth-order valence-corrected chi connectivity index (χ4v) is 3.84. The van der Waals surface area contributed by atoms with Crippen molar-refractivity contribution in [1.29, 1.82) is 0 Å². The minimum absolute atomic E-state index is 0.163. The summed E-state index contributed by atoms with van der Waals surface area (Å²) in [5, 5.41) is 4.04. The highest BCUT2D eigenvalue weighted by Gasteiger charge is 2.27. The Labute approximate surface area is 152 Å². The van der Waals surface area contributed by atoms with Gasteiger partial charge in [0.1, 0.15) is 23.5 Å². The number of nitrogens with zero attached hydrogens (tertiary/aromatic N) is 2. The van der Waals surface area contributed by atoms with Gasteiger partial charge in [-0.15, -0.1) is 0 Å². The first-order valence-corrected chi connectivity index (χ1v) is 9.16. The lowest BCUT2D eigenvalue weighted by atomic mass is 9.93. The summed E-state index contributed by atoms with van der Waals surface area (Å²) in [6.07, 6.45) is 2.67. The van der Waals surface area contributed by atoms with E-state index in [1.54, 1.807) is 12.1 Å². The molecule has 6 heteroatoms. The minimum atomic E-state index is -0.292. The molecule has 25 heavy (non-hydrogen) atoms. The molecule has 0 spiro atoms. The summed E-state index contributed by atoms with van der Waals surface area (Å²) in [6.45, 7) is 3.64. The van der Waals surface area contributed by atoms with Gasteiger partial charge < -0.3 is 15.0 Å². The Bertz CT molecular complexity index is 764. The molecule has 2 heterocycles. The van der Waals surface area contributed by atoms with Gasteiger partial charge in [-0.1, -0.05) is 17.7 Å². The molecule has 4 rings (SSSR count). The van der Waals surface area contributed by atoms with Gasteiger partial charge in [0, 0.05) is 32.2 Å². The van der Waals surface area contributed by atoms with Gasteiger partial charge in [0.2, 0.25) is 0 Å². The zero-order valence-corrected chi connectivity index (χ0v) is 14.7. The zero-order chi connectivity index (χ0) is 17.2. The molecule has 1 aromatic heterocycles. The fourth-order valence-electron chi connectivity index (χ4n) is 3.54. The lowest BCUT2D eigenvalue weighted by Gasteiger charge is -2.32. The lowest BCUT2D eigenvalue weighted by molar-refractivity contribution is 0.177. The summed E-state index contributed by atoms with van der Waals surface area (Å²) in [6, 6.07) is 8.31. The standard InChI is InChI=1S/C19H21ClFN3O/c20-16-11-13-3-1-6-17(25-15-5-2-4-14(21)12-15)18(13)23-19(16)24-9-7-22-8-10-24/h2,4-5,11-12,17,22H,1,3,6-10H2. The van der Waals surface area contributed by atoms with Gasteiger partial charge in [-0.3, -0.25) is 0 Å². The van der Waals surface area contributed by atoms with Crippen LogP contribution in [0.2, 0.25) is 5.02 Å². The third-order valence-corrected chi connectivity index (χ3v) is 5.06. The minimum Gasteiger partial charge on any atom is -0.484 e. The highest BCUT2D eigenvalue weighted by atomic mass is 35.5. The second-order valence-electron chi connectivity index (χ2n) is 6.53. The molecule has 2 aliphatic rings. The van der Waals surface area contributed by atoms with Crippen LogP contribution in [0.5, 0.6) is 5.75 Å². The van der Waals surface area contributed by atoms with Gasteiger partial charge in [0.25, 0.3) is 0 Å². The number of pyridine rings is 1. The van der Waals surface area contributed by atoms with E-state index < -0.39 is 0 Å². The number of rotatable bonds is 3. The second kappa shape index (κ2) is 7.18. The van der Waals surface area contributed by atoms with E-state index in [0.29, 0.717) is 10.8 Å². The number of benzene rings is 1. The lowest BCUT2D eigenvalue weighted by Crippen LogP contribution is -2.44. The molecule has 0 amide bonds. The van der Waals surface area contributed by atoms with Gasteiger partial charge >= 0.3 is 0 Å². The number of anilines is 1. The molecule has 1 aliphatic carbocycles. The molecule has 0 bridgehead atoms. The summed E-state index contributed by atoms with van der Waals surface area (Å²) in [7, 11) is 0. The molecular formula is C19H21ClFN3O. The highest BCUT2D eigenvalue weighted by molar-refractivity contribution is 6.33. The first-order chi connectivity index (χ1) is 12.2. The van der Waals surface area contributed by atoms with E-state index in [0.717, 1.165) is 62.5 Å². The van der Waals surface area contributed by atoms with Crippen LogP contribution in [0.3, 0.4) is 0 Å². The van der Waals surface area contributed by atoms with E-state index in [1.807, 2.05) is 6.07 Å². The fraction of sp³-hybridized carbons (Fsp3) is 0.421. The number of aromatic nitrogens is 1. The molecule has 1 aliphatic heterocycles. The highest BCUT2D eigenvalue weighted by Crippen LogP contribution is 2.37. The van der Waals surface area contributed by atoms with Crippen LogP contribution in [0.15, 0.2) is 30.3 Å². The molecule has 1 unspecified atom stereocenters. The number of ether oxygens (including phenoxy) is 1. The number of aryl methyl sites for hydroxylation is 1. The van der Waals surface area contributed by atoms with Gasteiger partial charge in [0.15, 0.2) is 0 Å². The first-order valence-electron chi connectivity index (χ1n) is 8.78. The quantitative estimate of drug-likeness (QED) is 0.903. The molecule has 1 atom stereocenters. The van der Waals surface area contributed by atoms with Gasteiger partial charge in [-0.05, 0) is 43.0 Å². The van der Waals surface area contributed by atoms with E-state index in [9.17, 15) is 4.39 Å². The van der Waals surface area contributed by atoms with E-state index >= 15 is 0 Å². The summed E-state index contributed by atoms with van der Waals surface area (Å²) in [5.41, 5.74) is 2.07. The van der Waals surface area contributed by atoms with Crippen molar-refractivity contribution in [3.05, 3.63) is 52.4 Å². The van der Waals surface area contributed by atoms with E-state index in [1.165, 1.54) is 12.1 Å². The maximum absolute atomic E-state index is 13.5. The smallest absolute Gasteiger partial charge is 0.147 e. The van der Waals surface area contributed by atoms with Crippen LogP contribution < -0.4 is 15.0 Å². The normalized spacial score (nSPS) is 20.2. The first kappa shape index (κ1) is 16.6. The average molecular weight is 362 g/mol. The van der Waals surface area contributed by atoms with E-state index in [2.05, 4.69) is 10.2 Å². The number of halogens is 2. The Morgan fingerprint density at radius 1 is 1.24 bits per heavy atom. The van der Waals surface area contributed by atoms with Gasteiger partial charge in [-0.2, -0.15) is 0 Å². The predicted octanol–water partition coefficient (Wildman–Crippen LogP) is 3.74. The zero-order valence-electron chi connectivity index (χ0n) is 14.0. The van der Waals surface area contributed by atoms with Gasteiger partial charge in [-0.25, -0.2) is 9.37 Å². The number of hydrogen-bond donors (Lipinski definition) is 1. The van der Waals surface area contributed by atoms with Crippen molar-refractivity contribution in [2.45, 2.75) is 25.4 Å². The molecule has 0 saturated carbocycles. The summed E-state index contributed by atoms with van der Waals surface area (Å²) < 4.78 is 19.5. The Morgan fingerprint density at radius 3 is 2.88 bits per heavy atom. The van der Waals surface area contributed by atoms with Gasteiger partial charge in [0.05, 0.1) is 10.7 Å². The van der Waals surface area contributed by atoms with Crippen molar-refractivity contribution < 1.29 is 9.13 Å². The molecule has 4 nitrogen and oxygen atoms in total. The van der Waals surface area contributed by atoms with E-state index in [4.69, 9.17) is 21.3 Å². The SMILES string of the molecule is Fc1cccc(OC2CCCc3cc(Cl)c(N4CCNCC4)nc32)c1. The molecule has 1 fully saturated rings. The van der Waals surface area contributed by atoms with Crippen molar-refractivity contribution in [3.63, 3.8) is 0 Å². The van der Waals surface area contributed by atoms with Crippen molar-refractivity contribution in [1.82, 2.24) is 10.3 Å². The van der Waals surface area contributed by atoms with Crippen LogP contribution in [0, 0.1) is 5.82 Å². The second-order valence-corrected chi connectivity index (χ2v) is 6.94. The molecule has 2 aromatic rings. The molecule has 1 N–H and O–H groups in total. The maximum Gasteiger partial charge on any atom is 0.147 e. The third-order valence-electron chi connectivity index (χ3n) is 4.78. The van der Waals surface area contributed by atoms with Crippen LogP contribution in [0.25, 0.3) is 0 Å². The Hall–Kier alpha value is -1.85. The Kier molecular flexibility index (Phi) is 4.77. The summed E-state index contributed by atoms with van der Waals surface area (Å²) in [4.78, 5) is 7.10. The van der Waals surface area contributed by atoms with Crippen molar-refractivity contribution >= 4 is 17.4 Å². The molecular weight excluding hydrogens is 341 g/mol. The van der Waals surface area contributed by atoms with Crippen LogP contribution in [0.1, 0.15) is 30.2 Å². The average Bonchev–Trinajstić information content (AvgIpc) is 2.62. The van der Waals surface area contributed by atoms with Crippen LogP contribution >= 0.6 is 11.6 Å². The molecule has 1 saturated heterocycles. The number of piperazine rings is 1. The van der Waals surface area contributed by atoms with Crippen LogP contribution in [-0.2, 0) is 6.42 Å².